The molecule has 22 heavy (non-hydrogen) atoms. The van der Waals surface area contributed by atoms with Crippen molar-refractivity contribution in [2.24, 2.45) is 0 Å². The smallest absolute Gasteiger partial charge is 0.140 e. The summed E-state index contributed by atoms with van der Waals surface area (Å²) in [7, 11) is 0. The lowest BCUT2D eigenvalue weighted by Crippen LogP contribution is -2.40. The highest BCUT2D eigenvalue weighted by molar-refractivity contribution is 7.99. The van der Waals surface area contributed by atoms with Crippen LogP contribution in [0.5, 0.6) is 0 Å². The van der Waals surface area contributed by atoms with Crippen molar-refractivity contribution in [2.45, 2.75) is 18.6 Å². The minimum atomic E-state index is -0.669. The summed E-state index contributed by atoms with van der Waals surface area (Å²) in [4.78, 5) is 0. The normalized spacial score (nSPS) is 21.4. The molecule has 0 aliphatic carbocycles. The van der Waals surface area contributed by atoms with E-state index in [9.17, 15) is 13.9 Å². The predicted molar refractivity (Wildman–Crippen MR) is 82.7 cm³/mol. The van der Waals surface area contributed by atoms with Crippen LogP contribution in [0.2, 0.25) is 0 Å². The number of thioether (sulfide) groups is 1. The Morgan fingerprint density at radius 3 is 2.68 bits per heavy atom. The van der Waals surface area contributed by atoms with Crippen LogP contribution in [-0.2, 0) is 6.54 Å². The summed E-state index contributed by atoms with van der Waals surface area (Å²) in [6, 6.07) is 6.96. The average Bonchev–Trinajstić information content (AvgIpc) is 3.09. The van der Waals surface area contributed by atoms with Gasteiger partial charge in [0.25, 0.3) is 0 Å². The molecule has 1 aromatic heterocycles. The lowest BCUT2D eigenvalue weighted by atomic mass is 10.0. The number of nitrogens with one attached hydrogen (secondary N) is 1. The van der Waals surface area contributed by atoms with Crippen LogP contribution in [0.25, 0.3) is 11.3 Å². The molecular formula is C16H17F2NO2S. The molecule has 0 amide bonds. The first kappa shape index (κ1) is 15.5. The van der Waals surface area contributed by atoms with Gasteiger partial charge in [0.15, 0.2) is 0 Å². The van der Waals surface area contributed by atoms with Crippen molar-refractivity contribution in [3.63, 3.8) is 0 Å². The molecule has 1 atom stereocenters. The molecule has 2 aromatic rings. The van der Waals surface area contributed by atoms with Crippen LogP contribution in [0.1, 0.15) is 12.2 Å². The van der Waals surface area contributed by atoms with E-state index in [1.54, 1.807) is 23.9 Å². The Bertz CT molecular complexity index is 633. The third-order valence-corrected chi connectivity index (χ3v) is 4.94. The predicted octanol–water partition coefficient (Wildman–Crippen LogP) is 3.18. The van der Waals surface area contributed by atoms with Gasteiger partial charge in [0.1, 0.15) is 23.2 Å². The molecule has 1 saturated heterocycles. The molecule has 0 bridgehead atoms. The van der Waals surface area contributed by atoms with E-state index < -0.39 is 17.2 Å². The van der Waals surface area contributed by atoms with Gasteiger partial charge < -0.3 is 14.8 Å². The Hall–Kier alpha value is -1.37. The molecule has 2 N–H and O–H groups in total. The first-order chi connectivity index (χ1) is 10.6. The zero-order valence-corrected chi connectivity index (χ0v) is 12.8. The van der Waals surface area contributed by atoms with Gasteiger partial charge in [0, 0.05) is 12.3 Å². The molecule has 3 rings (SSSR count). The number of rotatable bonds is 5. The van der Waals surface area contributed by atoms with Crippen LogP contribution < -0.4 is 5.32 Å². The summed E-state index contributed by atoms with van der Waals surface area (Å²) in [6.45, 7) is 0.882. The molecule has 3 nitrogen and oxygen atoms in total. The van der Waals surface area contributed by atoms with E-state index in [2.05, 4.69) is 5.32 Å². The van der Waals surface area contributed by atoms with Crippen LogP contribution in [0.15, 0.2) is 34.7 Å². The van der Waals surface area contributed by atoms with E-state index >= 15 is 0 Å². The molecule has 1 fully saturated rings. The van der Waals surface area contributed by atoms with Crippen molar-refractivity contribution in [3.05, 3.63) is 47.7 Å². The maximum Gasteiger partial charge on any atom is 0.140 e. The van der Waals surface area contributed by atoms with E-state index in [4.69, 9.17) is 4.42 Å². The maximum atomic E-state index is 13.7. The quantitative estimate of drug-likeness (QED) is 0.886. The van der Waals surface area contributed by atoms with Gasteiger partial charge in [-0.25, -0.2) is 8.78 Å². The summed E-state index contributed by atoms with van der Waals surface area (Å²) < 4.78 is 32.9. The minimum Gasteiger partial charge on any atom is -0.460 e. The third-order valence-electron chi connectivity index (χ3n) is 3.71. The highest BCUT2D eigenvalue weighted by atomic mass is 32.2. The highest BCUT2D eigenvalue weighted by Gasteiger charge is 2.31. The molecule has 1 unspecified atom stereocenters. The second-order valence-corrected chi connectivity index (χ2v) is 6.60. The van der Waals surface area contributed by atoms with Crippen molar-refractivity contribution in [2.75, 3.05) is 18.1 Å². The Morgan fingerprint density at radius 1 is 1.23 bits per heavy atom. The monoisotopic (exact) mass is 325 g/mol. The van der Waals surface area contributed by atoms with Gasteiger partial charge in [-0.15, -0.1) is 0 Å². The number of halogens is 2. The van der Waals surface area contributed by atoms with E-state index in [1.807, 2.05) is 0 Å². The third kappa shape index (κ3) is 3.34. The molecule has 1 aromatic carbocycles. The number of benzene rings is 1. The second-order valence-electron chi connectivity index (χ2n) is 5.49. The van der Waals surface area contributed by atoms with Crippen molar-refractivity contribution in [1.82, 2.24) is 5.32 Å². The van der Waals surface area contributed by atoms with Crippen LogP contribution in [0.4, 0.5) is 8.78 Å². The van der Waals surface area contributed by atoms with Gasteiger partial charge in [0.05, 0.1) is 17.7 Å². The molecule has 2 heterocycles. The summed E-state index contributed by atoms with van der Waals surface area (Å²) >= 11 is 1.74. The zero-order chi connectivity index (χ0) is 15.6. The fraction of sp³-hybridized carbons (Fsp3) is 0.375. The summed E-state index contributed by atoms with van der Waals surface area (Å²) in [5.41, 5.74) is -0.822. The van der Waals surface area contributed by atoms with Gasteiger partial charge >= 0.3 is 0 Å². The van der Waals surface area contributed by atoms with Crippen LogP contribution in [0.3, 0.4) is 0 Å². The Labute approximate surface area is 131 Å². The van der Waals surface area contributed by atoms with Crippen molar-refractivity contribution in [1.29, 1.82) is 0 Å². The largest absolute Gasteiger partial charge is 0.460 e. The number of hydrogen-bond donors (Lipinski definition) is 2. The molecule has 1 aliphatic heterocycles. The summed E-state index contributed by atoms with van der Waals surface area (Å²) in [5, 5.41) is 13.3. The lowest BCUT2D eigenvalue weighted by molar-refractivity contribution is 0.0670. The van der Waals surface area contributed by atoms with Gasteiger partial charge in [-0.3, -0.25) is 0 Å². The molecule has 1 aliphatic rings. The van der Waals surface area contributed by atoms with Crippen molar-refractivity contribution < 1.29 is 18.3 Å². The molecule has 0 saturated carbocycles. The first-order valence-corrected chi connectivity index (χ1v) is 8.27. The van der Waals surface area contributed by atoms with Crippen LogP contribution in [-0.4, -0.2) is 28.8 Å². The van der Waals surface area contributed by atoms with Crippen LogP contribution >= 0.6 is 11.8 Å². The lowest BCUT2D eigenvalue weighted by Gasteiger charge is -2.21. The van der Waals surface area contributed by atoms with Crippen LogP contribution in [0, 0.1) is 11.6 Å². The topological polar surface area (TPSA) is 45.4 Å². The minimum absolute atomic E-state index is 0.153. The SMILES string of the molecule is OC1(CNCc2ccc(-c3c(F)cccc3F)o2)CCSC1. The van der Waals surface area contributed by atoms with Gasteiger partial charge in [-0.05, 0) is 36.4 Å². The molecular weight excluding hydrogens is 308 g/mol. The van der Waals surface area contributed by atoms with Gasteiger partial charge in [0.2, 0.25) is 0 Å². The van der Waals surface area contributed by atoms with E-state index in [0.29, 0.717) is 18.8 Å². The zero-order valence-electron chi connectivity index (χ0n) is 11.9. The number of hydrogen-bond acceptors (Lipinski definition) is 4. The average molecular weight is 325 g/mol. The number of furan rings is 1. The van der Waals surface area contributed by atoms with Gasteiger partial charge in [-0.1, -0.05) is 6.07 Å². The maximum absolute atomic E-state index is 13.7. The fourth-order valence-electron chi connectivity index (χ4n) is 2.49. The summed E-state index contributed by atoms with van der Waals surface area (Å²) in [5.74, 6) is 1.14. The second kappa shape index (κ2) is 6.40. The first-order valence-electron chi connectivity index (χ1n) is 7.11. The molecule has 0 radical (unpaired) electrons. The Balaban J connectivity index is 1.64. The van der Waals surface area contributed by atoms with E-state index in [0.717, 1.165) is 17.9 Å². The Morgan fingerprint density at radius 2 is 2.00 bits per heavy atom. The standard InChI is InChI=1S/C16H17F2NO2S/c17-12-2-1-3-13(18)15(12)14-5-4-11(21-14)8-19-9-16(20)6-7-22-10-16/h1-5,19-20H,6-10H2. The number of aliphatic hydroxyl groups is 1. The molecule has 6 heteroatoms. The molecule has 118 valence electrons. The fourth-order valence-corrected chi connectivity index (χ4v) is 3.79. The van der Waals surface area contributed by atoms with Crippen molar-refractivity contribution >= 4 is 11.8 Å². The van der Waals surface area contributed by atoms with E-state index in [1.165, 1.54) is 18.2 Å². The van der Waals surface area contributed by atoms with Crippen molar-refractivity contribution in [3.8, 4) is 11.3 Å². The van der Waals surface area contributed by atoms with E-state index in [-0.39, 0.29) is 11.3 Å². The Kier molecular flexibility index (Phi) is 4.52. The molecule has 0 spiro atoms. The summed E-state index contributed by atoms with van der Waals surface area (Å²) in [6.07, 6.45) is 0.772. The highest BCUT2D eigenvalue weighted by Crippen LogP contribution is 2.29. The van der Waals surface area contributed by atoms with Gasteiger partial charge in [-0.2, -0.15) is 11.8 Å².